The summed E-state index contributed by atoms with van der Waals surface area (Å²) >= 11 is 0. The van der Waals surface area contributed by atoms with Crippen LogP contribution in [0.4, 0.5) is 0 Å². The lowest BCUT2D eigenvalue weighted by molar-refractivity contribution is -0.0311. The summed E-state index contributed by atoms with van der Waals surface area (Å²) in [5.74, 6) is 0.941. The second-order valence-electron chi connectivity index (χ2n) is 4.34. The Balaban J connectivity index is 2.10. The van der Waals surface area contributed by atoms with E-state index in [-0.39, 0.29) is 6.10 Å². The van der Waals surface area contributed by atoms with Crippen LogP contribution in [0, 0.1) is 0 Å². The Labute approximate surface area is 108 Å². The van der Waals surface area contributed by atoms with Crippen molar-refractivity contribution in [1.29, 1.82) is 0 Å². The molecule has 1 heterocycles. The molecule has 2 N–H and O–H groups in total. The Hall–Kier alpha value is -0.950. The molecule has 0 fully saturated rings. The maximum atomic E-state index is 9.71. The van der Waals surface area contributed by atoms with E-state index in [0.29, 0.717) is 26.3 Å². The minimum atomic E-state index is -0.524. The molecule has 0 amide bonds. The number of aliphatic hydroxyl groups is 1. The van der Waals surface area contributed by atoms with Gasteiger partial charge in [0.15, 0.2) is 0 Å². The molecule has 0 aliphatic rings. The number of nitrogens with one attached hydrogen (secondary N) is 1. The molecule has 6 nitrogen and oxygen atoms in total. The lowest BCUT2D eigenvalue weighted by Crippen LogP contribution is -2.32. The zero-order valence-electron chi connectivity index (χ0n) is 11.3. The minimum absolute atomic E-state index is 0.000750. The molecule has 1 aromatic rings. The van der Waals surface area contributed by atoms with Crippen molar-refractivity contribution in [2.24, 2.45) is 7.05 Å². The van der Waals surface area contributed by atoms with Gasteiger partial charge in [0.2, 0.25) is 0 Å². The Morgan fingerprint density at radius 2 is 2.28 bits per heavy atom. The molecule has 2 unspecified atom stereocenters. The van der Waals surface area contributed by atoms with Gasteiger partial charge in [0.25, 0.3) is 0 Å². The molecule has 0 saturated carbocycles. The zero-order valence-corrected chi connectivity index (χ0v) is 11.3. The monoisotopic (exact) mass is 257 g/mol. The molecule has 0 aliphatic heterocycles. The summed E-state index contributed by atoms with van der Waals surface area (Å²) in [4.78, 5) is 4.18. The molecule has 0 radical (unpaired) electrons. The number of rotatable bonds is 9. The second kappa shape index (κ2) is 8.20. The van der Waals surface area contributed by atoms with Crippen LogP contribution in [0.2, 0.25) is 0 Å². The SMILES string of the molecule is COCC(C)OCC(O)CNCc1nccn1C. The van der Waals surface area contributed by atoms with E-state index >= 15 is 0 Å². The number of aliphatic hydroxyl groups excluding tert-OH is 1. The summed E-state index contributed by atoms with van der Waals surface area (Å²) in [5, 5.41) is 12.8. The molecule has 2 atom stereocenters. The first kappa shape index (κ1) is 15.1. The molecule has 104 valence electrons. The molecule has 0 spiro atoms. The van der Waals surface area contributed by atoms with Crippen molar-refractivity contribution in [3.8, 4) is 0 Å². The molecule has 0 aliphatic carbocycles. The fourth-order valence-corrected chi connectivity index (χ4v) is 1.53. The highest BCUT2D eigenvalue weighted by Crippen LogP contribution is 1.95. The van der Waals surface area contributed by atoms with Gasteiger partial charge in [0.05, 0.1) is 32.0 Å². The first-order valence-corrected chi connectivity index (χ1v) is 6.09. The van der Waals surface area contributed by atoms with Crippen molar-refractivity contribution in [2.75, 3.05) is 26.9 Å². The van der Waals surface area contributed by atoms with Crippen molar-refractivity contribution in [3.05, 3.63) is 18.2 Å². The number of aryl methyl sites for hydroxylation is 1. The van der Waals surface area contributed by atoms with Gasteiger partial charge < -0.3 is 24.5 Å². The van der Waals surface area contributed by atoms with Crippen LogP contribution in [0.5, 0.6) is 0 Å². The number of hydrogen-bond donors (Lipinski definition) is 2. The summed E-state index contributed by atoms with van der Waals surface area (Å²) in [6, 6.07) is 0. The zero-order chi connectivity index (χ0) is 13.4. The minimum Gasteiger partial charge on any atom is -0.389 e. The van der Waals surface area contributed by atoms with E-state index in [1.807, 2.05) is 24.7 Å². The summed E-state index contributed by atoms with van der Waals surface area (Å²) in [7, 11) is 3.57. The van der Waals surface area contributed by atoms with Gasteiger partial charge in [-0.2, -0.15) is 0 Å². The van der Waals surface area contributed by atoms with Crippen LogP contribution >= 0.6 is 0 Å². The van der Waals surface area contributed by atoms with Crippen LogP contribution in [0.25, 0.3) is 0 Å². The molecule has 6 heteroatoms. The predicted molar refractivity (Wildman–Crippen MR) is 68.2 cm³/mol. The standard InChI is InChI=1S/C12H23N3O3/c1-10(8-17-3)18-9-11(16)6-13-7-12-14-4-5-15(12)2/h4-5,10-11,13,16H,6-9H2,1-3H3. The van der Waals surface area contributed by atoms with Gasteiger partial charge in [-0.25, -0.2) is 4.98 Å². The van der Waals surface area contributed by atoms with Gasteiger partial charge in [-0.3, -0.25) is 0 Å². The van der Waals surface area contributed by atoms with Crippen LogP contribution in [0.15, 0.2) is 12.4 Å². The van der Waals surface area contributed by atoms with Crippen molar-refractivity contribution in [2.45, 2.75) is 25.7 Å². The number of ether oxygens (including phenoxy) is 2. The van der Waals surface area contributed by atoms with Crippen molar-refractivity contribution < 1.29 is 14.6 Å². The Morgan fingerprint density at radius 1 is 1.50 bits per heavy atom. The highest BCUT2D eigenvalue weighted by atomic mass is 16.5. The molecule has 1 rings (SSSR count). The molecular weight excluding hydrogens is 234 g/mol. The second-order valence-corrected chi connectivity index (χ2v) is 4.34. The first-order valence-electron chi connectivity index (χ1n) is 6.09. The number of hydrogen-bond acceptors (Lipinski definition) is 5. The Kier molecular flexibility index (Phi) is 6.89. The lowest BCUT2D eigenvalue weighted by atomic mass is 10.3. The van der Waals surface area contributed by atoms with Crippen LogP contribution in [0.1, 0.15) is 12.7 Å². The average molecular weight is 257 g/mol. The molecule has 0 bridgehead atoms. The fraction of sp³-hybridized carbons (Fsp3) is 0.750. The summed E-state index contributed by atoms with van der Waals surface area (Å²) in [5.41, 5.74) is 0. The van der Waals surface area contributed by atoms with E-state index in [0.717, 1.165) is 5.82 Å². The topological polar surface area (TPSA) is 68.5 Å². The van der Waals surface area contributed by atoms with Crippen LogP contribution in [-0.4, -0.2) is 53.7 Å². The Bertz CT molecular complexity index is 330. The summed E-state index contributed by atoms with van der Waals surface area (Å²) in [6.45, 7) is 3.86. The van der Waals surface area contributed by atoms with Gasteiger partial charge >= 0.3 is 0 Å². The third-order valence-electron chi connectivity index (χ3n) is 2.56. The normalized spacial score (nSPS) is 14.7. The molecular formula is C12H23N3O3. The molecule has 0 saturated heterocycles. The number of nitrogens with zero attached hydrogens (tertiary/aromatic N) is 2. The van der Waals surface area contributed by atoms with Crippen molar-refractivity contribution in [3.63, 3.8) is 0 Å². The van der Waals surface area contributed by atoms with E-state index in [1.165, 1.54) is 0 Å². The van der Waals surface area contributed by atoms with E-state index in [2.05, 4.69) is 10.3 Å². The first-order chi connectivity index (χ1) is 8.63. The molecule has 18 heavy (non-hydrogen) atoms. The van der Waals surface area contributed by atoms with E-state index in [9.17, 15) is 5.11 Å². The lowest BCUT2D eigenvalue weighted by Gasteiger charge is -2.16. The predicted octanol–water partition coefficient (Wildman–Crippen LogP) is -0.0779. The summed E-state index contributed by atoms with van der Waals surface area (Å²) < 4.78 is 12.3. The Morgan fingerprint density at radius 3 is 2.89 bits per heavy atom. The van der Waals surface area contributed by atoms with E-state index in [1.54, 1.807) is 13.3 Å². The molecule has 0 aromatic carbocycles. The molecule has 1 aromatic heterocycles. The van der Waals surface area contributed by atoms with Crippen molar-refractivity contribution in [1.82, 2.24) is 14.9 Å². The van der Waals surface area contributed by atoms with Gasteiger partial charge in [-0.15, -0.1) is 0 Å². The average Bonchev–Trinajstić information content (AvgIpc) is 2.73. The van der Waals surface area contributed by atoms with Gasteiger partial charge in [-0.1, -0.05) is 0 Å². The van der Waals surface area contributed by atoms with Gasteiger partial charge in [0.1, 0.15) is 5.82 Å². The summed E-state index contributed by atoms with van der Waals surface area (Å²) in [6.07, 6.45) is 3.12. The highest BCUT2D eigenvalue weighted by Gasteiger charge is 2.08. The number of methoxy groups -OCH3 is 1. The smallest absolute Gasteiger partial charge is 0.122 e. The van der Waals surface area contributed by atoms with Crippen LogP contribution < -0.4 is 5.32 Å². The van der Waals surface area contributed by atoms with Crippen LogP contribution in [-0.2, 0) is 23.1 Å². The van der Waals surface area contributed by atoms with E-state index in [4.69, 9.17) is 9.47 Å². The van der Waals surface area contributed by atoms with Gasteiger partial charge in [-0.05, 0) is 6.92 Å². The largest absolute Gasteiger partial charge is 0.389 e. The number of imidazole rings is 1. The quantitative estimate of drug-likeness (QED) is 0.648. The number of aromatic nitrogens is 2. The van der Waals surface area contributed by atoms with E-state index < -0.39 is 6.10 Å². The maximum absolute atomic E-state index is 9.71. The highest BCUT2D eigenvalue weighted by molar-refractivity contribution is 4.90. The van der Waals surface area contributed by atoms with Crippen LogP contribution in [0.3, 0.4) is 0 Å². The maximum Gasteiger partial charge on any atom is 0.122 e. The van der Waals surface area contributed by atoms with Gasteiger partial charge in [0, 0.05) is 33.1 Å². The van der Waals surface area contributed by atoms with Crippen molar-refractivity contribution >= 4 is 0 Å². The third-order valence-corrected chi connectivity index (χ3v) is 2.56. The third kappa shape index (κ3) is 5.59. The fourth-order valence-electron chi connectivity index (χ4n) is 1.53.